The summed E-state index contributed by atoms with van der Waals surface area (Å²) in [7, 11) is 0. The number of ether oxygens (including phenoxy) is 1. The Bertz CT molecular complexity index is 815. The van der Waals surface area contributed by atoms with Gasteiger partial charge >= 0.3 is 5.97 Å². The first kappa shape index (κ1) is 21.2. The number of hydrogen-bond donors (Lipinski definition) is 0. The van der Waals surface area contributed by atoms with Crippen LogP contribution >= 0.6 is 0 Å². The van der Waals surface area contributed by atoms with Crippen LogP contribution in [0.25, 0.3) is 0 Å². The molecule has 9 atom stereocenters. The summed E-state index contributed by atoms with van der Waals surface area (Å²) in [6.07, 6.45) is 7.85. The number of carbonyl (C=O) groups excluding carboxylic acids is 2. The van der Waals surface area contributed by atoms with Crippen LogP contribution in [0.5, 0.6) is 0 Å². The van der Waals surface area contributed by atoms with Crippen molar-refractivity contribution in [3.8, 4) is 0 Å². The van der Waals surface area contributed by atoms with Crippen LogP contribution in [0, 0.1) is 53.3 Å². The van der Waals surface area contributed by atoms with E-state index < -0.39 is 0 Å². The Balaban J connectivity index is 1.37. The van der Waals surface area contributed by atoms with Gasteiger partial charge in [-0.15, -0.1) is 0 Å². The number of carbonyl (C=O) groups is 2. The van der Waals surface area contributed by atoms with E-state index in [1.54, 1.807) is 0 Å². The van der Waals surface area contributed by atoms with Gasteiger partial charge in [-0.1, -0.05) is 57.5 Å². The Morgan fingerprint density at radius 2 is 1.61 bits per heavy atom. The number of rotatable bonds is 5. The number of benzene rings is 1. The third-order valence-electron chi connectivity index (χ3n) is 9.28. The normalized spacial score (nSPS) is 41.4. The lowest BCUT2D eigenvalue weighted by atomic mass is 9.47. The first-order chi connectivity index (χ1) is 14.9. The molecule has 0 N–H and O–H groups in total. The van der Waals surface area contributed by atoms with Gasteiger partial charge in [-0.25, -0.2) is 0 Å². The van der Waals surface area contributed by atoms with Crippen molar-refractivity contribution >= 4 is 11.8 Å². The van der Waals surface area contributed by atoms with Gasteiger partial charge in [-0.3, -0.25) is 9.59 Å². The predicted octanol–water partition coefficient (Wildman–Crippen LogP) is 6.17. The van der Waals surface area contributed by atoms with E-state index in [4.69, 9.17) is 4.74 Å². The standard InChI is InChI=1S/C28H38O3/c1-16(2)22-10-9-17(3)11-24(22)31-28(30)26-21-13-18-12-20(15-21)25(23(26)14-18)27(29)19-7-5-4-6-8-19/h4-8,16-18,20-26H,9-15H2,1-3H3/t17-,18+,20-,21+,22-,23-,24+,25?,26?/m1/s1. The Hall–Kier alpha value is -1.64. The third kappa shape index (κ3) is 3.87. The number of hydrogen-bond acceptors (Lipinski definition) is 3. The molecule has 0 spiro atoms. The van der Waals surface area contributed by atoms with Crippen molar-refractivity contribution in [2.24, 2.45) is 53.3 Å². The van der Waals surface area contributed by atoms with Gasteiger partial charge in [0.1, 0.15) is 6.10 Å². The highest BCUT2D eigenvalue weighted by molar-refractivity contribution is 5.98. The monoisotopic (exact) mass is 422 g/mol. The Morgan fingerprint density at radius 1 is 0.903 bits per heavy atom. The molecule has 0 saturated heterocycles. The fraction of sp³-hybridized carbons (Fsp3) is 0.714. The van der Waals surface area contributed by atoms with Crippen LogP contribution in [-0.2, 0) is 9.53 Å². The summed E-state index contributed by atoms with van der Waals surface area (Å²) in [5, 5.41) is 0. The number of ketones is 1. The van der Waals surface area contributed by atoms with Crippen molar-refractivity contribution < 1.29 is 14.3 Å². The van der Waals surface area contributed by atoms with Crippen molar-refractivity contribution in [3.63, 3.8) is 0 Å². The topological polar surface area (TPSA) is 43.4 Å². The van der Waals surface area contributed by atoms with E-state index in [0.29, 0.717) is 35.5 Å². The fourth-order valence-corrected chi connectivity index (χ4v) is 7.96. The molecule has 4 bridgehead atoms. The van der Waals surface area contributed by atoms with Gasteiger partial charge in [-0.05, 0) is 80.0 Å². The van der Waals surface area contributed by atoms with E-state index in [0.717, 1.165) is 37.7 Å². The summed E-state index contributed by atoms with van der Waals surface area (Å²) in [5.74, 6) is 3.60. The highest BCUT2D eigenvalue weighted by Gasteiger charge is 2.58. The second-order valence-corrected chi connectivity index (χ2v) is 11.6. The predicted molar refractivity (Wildman–Crippen MR) is 121 cm³/mol. The van der Waals surface area contributed by atoms with E-state index in [1.165, 1.54) is 12.8 Å². The molecule has 0 aromatic heterocycles. The molecule has 5 fully saturated rings. The van der Waals surface area contributed by atoms with Gasteiger partial charge in [0.2, 0.25) is 0 Å². The molecular formula is C28H38O3. The van der Waals surface area contributed by atoms with Crippen LogP contribution < -0.4 is 0 Å². The molecule has 3 heteroatoms. The summed E-state index contributed by atoms with van der Waals surface area (Å²) in [6, 6.07) is 9.75. The summed E-state index contributed by atoms with van der Waals surface area (Å²) >= 11 is 0. The summed E-state index contributed by atoms with van der Waals surface area (Å²) in [6.45, 7) is 6.81. The van der Waals surface area contributed by atoms with Gasteiger partial charge < -0.3 is 4.74 Å². The van der Waals surface area contributed by atoms with Crippen molar-refractivity contribution in [2.45, 2.75) is 71.8 Å². The Morgan fingerprint density at radius 3 is 2.32 bits per heavy atom. The molecule has 168 valence electrons. The van der Waals surface area contributed by atoms with E-state index >= 15 is 0 Å². The van der Waals surface area contributed by atoms with Crippen molar-refractivity contribution in [3.05, 3.63) is 35.9 Å². The molecule has 2 unspecified atom stereocenters. The van der Waals surface area contributed by atoms with Gasteiger partial charge in [0.25, 0.3) is 0 Å². The van der Waals surface area contributed by atoms with Gasteiger partial charge in [0, 0.05) is 11.5 Å². The molecule has 1 aromatic carbocycles. The second-order valence-electron chi connectivity index (χ2n) is 11.6. The Kier molecular flexibility index (Phi) is 5.73. The van der Waals surface area contributed by atoms with E-state index in [9.17, 15) is 9.59 Å². The summed E-state index contributed by atoms with van der Waals surface area (Å²) in [5.41, 5.74) is 0.813. The van der Waals surface area contributed by atoms with Crippen molar-refractivity contribution in [1.82, 2.24) is 0 Å². The summed E-state index contributed by atoms with van der Waals surface area (Å²) < 4.78 is 6.35. The van der Waals surface area contributed by atoms with Crippen LogP contribution in [0.1, 0.15) is 76.1 Å². The first-order valence-electron chi connectivity index (χ1n) is 12.7. The lowest BCUT2D eigenvalue weighted by Gasteiger charge is -2.57. The minimum Gasteiger partial charge on any atom is -0.462 e. The number of Topliss-reactive ketones (excluding diaryl/α,β-unsaturated/α-hetero) is 1. The zero-order valence-corrected chi connectivity index (χ0v) is 19.3. The fourth-order valence-electron chi connectivity index (χ4n) is 7.96. The maximum absolute atomic E-state index is 13.6. The lowest BCUT2D eigenvalue weighted by Crippen LogP contribution is -2.56. The van der Waals surface area contributed by atoms with Gasteiger partial charge in [-0.2, -0.15) is 0 Å². The second kappa shape index (κ2) is 8.37. The molecule has 0 heterocycles. The smallest absolute Gasteiger partial charge is 0.309 e. The van der Waals surface area contributed by atoms with E-state index in [2.05, 4.69) is 20.8 Å². The van der Waals surface area contributed by atoms with Crippen molar-refractivity contribution in [2.75, 3.05) is 0 Å². The zero-order chi connectivity index (χ0) is 21.7. The van der Waals surface area contributed by atoms with E-state index in [-0.39, 0.29) is 35.6 Å². The molecule has 5 aliphatic rings. The molecule has 0 aliphatic heterocycles. The average Bonchev–Trinajstić information content (AvgIpc) is 2.73. The van der Waals surface area contributed by atoms with Crippen LogP contribution in [0.3, 0.4) is 0 Å². The minimum absolute atomic E-state index is 0.000995. The van der Waals surface area contributed by atoms with Crippen LogP contribution in [0.15, 0.2) is 30.3 Å². The van der Waals surface area contributed by atoms with Crippen molar-refractivity contribution in [1.29, 1.82) is 0 Å². The van der Waals surface area contributed by atoms with Gasteiger partial charge in [0.05, 0.1) is 5.92 Å². The SMILES string of the molecule is CC(C)[C@H]1CC[C@@H](C)C[C@@H]1OC(=O)C1[C@H]2C[C@@H]3C[C@H](C2)C(C(=O)c2ccccc2)[C@H]1C3. The van der Waals surface area contributed by atoms with E-state index in [1.807, 2.05) is 30.3 Å². The lowest BCUT2D eigenvalue weighted by molar-refractivity contribution is -0.177. The highest BCUT2D eigenvalue weighted by atomic mass is 16.5. The van der Waals surface area contributed by atoms with Crippen LogP contribution in [0.2, 0.25) is 0 Å². The molecule has 5 saturated carbocycles. The third-order valence-corrected chi connectivity index (χ3v) is 9.28. The average molecular weight is 423 g/mol. The molecule has 3 nitrogen and oxygen atoms in total. The highest BCUT2D eigenvalue weighted by Crippen LogP contribution is 2.60. The van der Waals surface area contributed by atoms with Crippen LogP contribution in [-0.4, -0.2) is 17.9 Å². The van der Waals surface area contributed by atoms with Crippen LogP contribution in [0.4, 0.5) is 0 Å². The molecule has 1 aromatic rings. The van der Waals surface area contributed by atoms with Gasteiger partial charge in [0.15, 0.2) is 5.78 Å². The molecule has 0 radical (unpaired) electrons. The Labute approximate surface area is 187 Å². The molecular weight excluding hydrogens is 384 g/mol. The molecule has 5 aliphatic carbocycles. The molecule has 0 amide bonds. The number of esters is 1. The maximum Gasteiger partial charge on any atom is 0.309 e. The summed E-state index contributed by atoms with van der Waals surface area (Å²) in [4.78, 5) is 27.2. The zero-order valence-electron chi connectivity index (χ0n) is 19.3. The quantitative estimate of drug-likeness (QED) is 0.421. The minimum atomic E-state index is -0.0736. The molecule has 6 rings (SSSR count). The largest absolute Gasteiger partial charge is 0.462 e. The molecule has 31 heavy (non-hydrogen) atoms. The first-order valence-corrected chi connectivity index (χ1v) is 12.7. The maximum atomic E-state index is 13.6.